The van der Waals surface area contributed by atoms with E-state index in [2.05, 4.69) is 5.32 Å². The van der Waals surface area contributed by atoms with Crippen LogP contribution in [0.1, 0.15) is 17.3 Å². The third-order valence-electron chi connectivity index (χ3n) is 3.92. The van der Waals surface area contributed by atoms with Gasteiger partial charge in [0.1, 0.15) is 12.3 Å². The second-order valence-electron chi connectivity index (χ2n) is 5.84. The second kappa shape index (κ2) is 7.46. The summed E-state index contributed by atoms with van der Waals surface area (Å²) >= 11 is 11.9. The number of nitrogens with zero attached hydrogens (tertiary/aromatic N) is 1. The second-order valence-corrected chi connectivity index (χ2v) is 6.69. The summed E-state index contributed by atoms with van der Waals surface area (Å²) in [5.41, 5.74) is 0.703. The SMILES string of the molecule is CC1Oc2cc(C(=O)O)ccc2N(CC(=O)Nc2ccc(Cl)cc2Cl)C1=O. The van der Waals surface area contributed by atoms with Crippen LogP contribution in [-0.2, 0) is 9.59 Å². The van der Waals surface area contributed by atoms with E-state index >= 15 is 0 Å². The Labute approximate surface area is 164 Å². The summed E-state index contributed by atoms with van der Waals surface area (Å²) in [7, 11) is 0. The molecule has 2 N–H and O–H groups in total. The van der Waals surface area contributed by atoms with E-state index in [4.69, 9.17) is 33.0 Å². The van der Waals surface area contributed by atoms with Crippen LogP contribution in [0.25, 0.3) is 0 Å². The van der Waals surface area contributed by atoms with Gasteiger partial charge in [0, 0.05) is 5.02 Å². The van der Waals surface area contributed by atoms with Gasteiger partial charge >= 0.3 is 5.97 Å². The zero-order valence-electron chi connectivity index (χ0n) is 14.0. The van der Waals surface area contributed by atoms with E-state index in [1.54, 1.807) is 12.1 Å². The van der Waals surface area contributed by atoms with Crippen molar-refractivity contribution in [3.8, 4) is 5.75 Å². The molecule has 1 atom stereocenters. The zero-order valence-corrected chi connectivity index (χ0v) is 15.5. The molecule has 7 nitrogen and oxygen atoms in total. The summed E-state index contributed by atoms with van der Waals surface area (Å²) in [6.07, 6.45) is -0.853. The molecule has 2 aromatic carbocycles. The largest absolute Gasteiger partial charge is 0.479 e. The summed E-state index contributed by atoms with van der Waals surface area (Å²) < 4.78 is 5.48. The molecule has 0 saturated heterocycles. The number of anilines is 2. The number of rotatable bonds is 4. The molecular weight excluding hydrogens is 395 g/mol. The van der Waals surface area contributed by atoms with Crippen molar-refractivity contribution < 1.29 is 24.2 Å². The first-order chi connectivity index (χ1) is 12.8. The Kier molecular flexibility index (Phi) is 5.25. The van der Waals surface area contributed by atoms with Crippen molar-refractivity contribution in [3.05, 3.63) is 52.0 Å². The number of benzene rings is 2. The first-order valence-corrected chi connectivity index (χ1v) is 8.62. The molecule has 2 amide bonds. The maximum Gasteiger partial charge on any atom is 0.335 e. The Balaban J connectivity index is 1.84. The first-order valence-electron chi connectivity index (χ1n) is 7.86. The van der Waals surface area contributed by atoms with Crippen molar-refractivity contribution >= 4 is 52.4 Å². The highest BCUT2D eigenvalue weighted by molar-refractivity contribution is 6.36. The van der Waals surface area contributed by atoms with Crippen molar-refractivity contribution in [1.29, 1.82) is 0 Å². The van der Waals surface area contributed by atoms with E-state index < -0.39 is 23.9 Å². The minimum Gasteiger partial charge on any atom is -0.479 e. The molecule has 0 aromatic heterocycles. The fraction of sp³-hybridized carbons (Fsp3) is 0.167. The number of hydrogen-bond acceptors (Lipinski definition) is 4. The number of ether oxygens (including phenoxy) is 1. The minimum absolute atomic E-state index is 0.0210. The van der Waals surface area contributed by atoms with Crippen molar-refractivity contribution in [1.82, 2.24) is 0 Å². The van der Waals surface area contributed by atoms with E-state index in [-0.39, 0.29) is 22.9 Å². The molecule has 0 spiro atoms. The number of carboxylic acids is 1. The number of carbonyl (C=O) groups is 3. The predicted octanol–water partition coefficient (Wildman–Crippen LogP) is 3.44. The number of carboxylic acid groups (broad SMARTS) is 1. The van der Waals surface area contributed by atoms with Crippen molar-refractivity contribution in [3.63, 3.8) is 0 Å². The van der Waals surface area contributed by atoms with Crippen LogP contribution in [0.15, 0.2) is 36.4 Å². The van der Waals surface area contributed by atoms with Crippen LogP contribution >= 0.6 is 23.2 Å². The predicted molar refractivity (Wildman–Crippen MR) is 101 cm³/mol. The van der Waals surface area contributed by atoms with Crippen LogP contribution in [-0.4, -0.2) is 35.5 Å². The molecule has 3 rings (SSSR count). The lowest BCUT2D eigenvalue weighted by Crippen LogP contribution is -2.47. The molecule has 0 fully saturated rings. The summed E-state index contributed by atoms with van der Waals surface area (Å²) in [6, 6.07) is 8.72. The molecule has 1 aliphatic heterocycles. The highest BCUT2D eigenvalue weighted by Crippen LogP contribution is 2.35. The quantitative estimate of drug-likeness (QED) is 0.807. The number of amides is 2. The van der Waals surface area contributed by atoms with Gasteiger partial charge < -0.3 is 15.2 Å². The van der Waals surface area contributed by atoms with E-state index in [0.717, 1.165) is 0 Å². The number of carbonyl (C=O) groups excluding carboxylic acids is 2. The Morgan fingerprint density at radius 2 is 1.96 bits per heavy atom. The van der Waals surface area contributed by atoms with Gasteiger partial charge in [-0.2, -0.15) is 0 Å². The van der Waals surface area contributed by atoms with E-state index in [1.807, 2.05) is 0 Å². The van der Waals surface area contributed by atoms with Gasteiger partial charge in [-0.3, -0.25) is 14.5 Å². The topological polar surface area (TPSA) is 95.9 Å². The Bertz CT molecular complexity index is 947. The number of fused-ring (bicyclic) bond motifs is 1. The molecule has 0 radical (unpaired) electrons. The lowest BCUT2D eigenvalue weighted by atomic mass is 10.1. The van der Waals surface area contributed by atoms with Gasteiger partial charge in [0.25, 0.3) is 5.91 Å². The molecule has 0 bridgehead atoms. The van der Waals surface area contributed by atoms with Crippen molar-refractivity contribution in [2.45, 2.75) is 13.0 Å². The van der Waals surface area contributed by atoms with E-state index in [1.165, 1.54) is 36.1 Å². The molecule has 1 aliphatic rings. The number of nitrogens with one attached hydrogen (secondary N) is 1. The van der Waals surface area contributed by atoms with Gasteiger partial charge in [-0.15, -0.1) is 0 Å². The third kappa shape index (κ3) is 3.99. The van der Waals surface area contributed by atoms with Gasteiger partial charge in [-0.1, -0.05) is 23.2 Å². The molecule has 1 heterocycles. The molecular formula is C18H14Cl2N2O5. The van der Waals surface area contributed by atoms with Crippen LogP contribution in [0.4, 0.5) is 11.4 Å². The monoisotopic (exact) mass is 408 g/mol. The van der Waals surface area contributed by atoms with Gasteiger partial charge in [0.05, 0.1) is 22.0 Å². The zero-order chi connectivity index (χ0) is 19.7. The van der Waals surface area contributed by atoms with Crippen LogP contribution in [0.2, 0.25) is 10.0 Å². The Morgan fingerprint density at radius 3 is 2.63 bits per heavy atom. The van der Waals surface area contributed by atoms with Gasteiger partial charge in [0.15, 0.2) is 6.10 Å². The highest BCUT2D eigenvalue weighted by Gasteiger charge is 2.33. The van der Waals surface area contributed by atoms with Crippen LogP contribution < -0.4 is 15.0 Å². The van der Waals surface area contributed by atoms with Crippen molar-refractivity contribution in [2.24, 2.45) is 0 Å². The molecule has 1 unspecified atom stereocenters. The van der Waals surface area contributed by atoms with Crippen LogP contribution in [0.5, 0.6) is 5.75 Å². The number of hydrogen-bond donors (Lipinski definition) is 2. The average Bonchev–Trinajstić information content (AvgIpc) is 2.60. The average molecular weight is 409 g/mol. The fourth-order valence-corrected chi connectivity index (χ4v) is 3.09. The summed E-state index contributed by atoms with van der Waals surface area (Å²) in [5.74, 6) is -1.79. The standard InChI is InChI=1S/C18H14Cl2N2O5/c1-9-17(24)22(14-5-2-10(18(25)26)6-15(14)27-9)8-16(23)21-13-4-3-11(19)7-12(13)20/h2-7,9H,8H2,1H3,(H,21,23)(H,25,26). The fourth-order valence-electron chi connectivity index (χ4n) is 2.63. The van der Waals surface area contributed by atoms with Crippen LogP contribution in [0, 0.1) is 0 Å². The van der Waals surface area contributed by atoms with Gasteiger partial charge in [-0.25, -0.2) is 4.79 Å². The smallest absolute Gasteiger partial charge is 0.335 e. The first kappa shape index (κ1) is 19.0. The molecule has 140 valence electrons. The Morgan fingerprint density at radius 1 is 1.22 bits per heavy atom. The minimum atomic E-state index is -1.12. The van der Waals surface area contributed by atoms with E-state index in [0.29, 0.717) is 16.4 Å². The lowest BCUT2D eigenvalue weighted by molar-refractivity contribution is -0.127. The summed E-state index contributed by atoms with van der Waals surface area (Å²) in [5, 5.41) is 12.4. The normalized spacial score (nSPS) is 15.7. The van der Waals surface area contributed by atoms with Crippen LogP contribution in [0.3, 0.4) is 0 Å². The molecule has 9 heteroatoms. The maximum absolute atomic E-state index is 12.5. The Hall–Kier alpha value is -2.77. The number of aromatic carboxylic acids is 1. The maximum atomic E-state index is 12.5. The van der Waals surface area contributed by atoms with E-state index in [9.17, 15) is 14.4 Å². The molecule has 27 heavy (non-hydrogen) atoms. The van der Waals surface area contributed by atoms with Crippen molar-refractivity contribution in [2.75, 3.05) is 16.8 Å². The van der Waals surface area contributed by atoms with Gasteiger partial charge in [-0.05, 0) is 43.3 Å². The summed E-state index contributed by atoms with van der Waals surface area (Å²) in [4.78, 5) is 37.3. The molecule has 2 aromatic rings. The van der Waals surface area contributed by atoms with Gasteiger partial charge in [0.2, 0.25) is 5.91 Å². The highest BCUT2D eigenvalue weighted by atomic mass is 35.5. The number of halogens is 2. The third-order valence-corrected chi connectivity index (χ3v) is 4.47. The summed E-state index contributed by atoms with van der Waals surface area (Å²) in [6.45, 7) is 1.24. The molecule has 0 aliphatic carbocycles. The molecule has 0 saturated carbocycles. The lowest BCUT2D eigenvalue weighted by Gasteiger charge is -2.32.